The van der Waals surface area contributed by atoms with E-state index in [2.05, 4.69) is 17.1 Å². The Labute approximate surface area is 166 Å². The van der Waals surface area contributed by atoms with Crippen molar-refractivity contribution < 1.29 is 18.0 Å². The second-order valence-electron chi connectivity index (χ2n) is 7.15. The zero-order valence-corrected chi connectivity index (χ0v) is 17.1. The summed E-state index contributed by atoms with van der Waals surface area (Å²) >= 11 is 0. The molecule has 2 heterocycles. The van der Waals surface area contributed by atoms with Crippen LogP contribution in [0.5, 0.6) is 0 Å². The molecule has 0 unspecified atom stereocenters. The smallest absolute Gasteiger partial charge is 0.243 e. The monoisotopic (exact) mass is 408 g/mol. The molecule has 2 aliphatic rings. The molecular weight excluding hydrogens is 380 g/mol. The van der Waals surface area contributed by atoms with E-state index in [4.69, 9.17) is 0 Å². The Morgan fingerprint density at radius 1 is 1.14 bits per heavy atom. The molecular formula is C19H28N4O4S. The number of anilines is 1. The predicted molar refractivity (Wildman–Crippen MR) is 106 cm³/mol. The summed E-state index contributed by atoms with van der Waals surface area (Å²) in [7, 11) is -3.58. The number of nitrogens with zero attached hydrogens (tertiary/aromatic N) is 3. The number of carbonyl (C=O) groups is 2. The lowest BCUT2D eigenvalue weighted by atomic mass is 10.3. The van der Waals surface area contributed by atoms with Crippen molar-refractivity contribution in [3.05, 3.63) is 24.3 Å². The number of carbonyl (C=O) groups excluding carboxylic acids is 2. The molecule has 3 rings (SSSR count). The summed E-state index contributed by atoms with van der Waals surface area (Å²) in [6, 6.07) is 6.36. The molecule has 2 amide bonds. The molecule has 28 heavy (non-hydrogen) atoms. The highest BCUT2D eigenvalue weighted by molar-refractivity contribution is 7.89. The first-order valence-electron chi connectivity index (χ1n) is 9.80. The van der Waals surface area contributed by atoms with Gasteiger partial charge in [-0.15, -0.1) is 0 Å². The number of hydrogen-bond donors (Lipinski definition) is 1. The fraction of sp³-hybridized carbons (Fsp3) is 0.579. The van der Waals surface area contributed by atoms with Crippen LogP contribution < -0.4 is 5.32 Å². The number of amides is 2. The van der Waals surface area contributed by atoms with Crippen LogP contribution in [0.1, 0.15) is 26.2 Å². The third-order valence-corrected chi connectivity index (χ3v) is 7.21. The van der Waals surface area contributed by atoms with E-state index < -0.39 is 10.0 Å². The van der Waals surface area contributed by atoms with Crippen LogP contribution in [0.2, 0.25) is 0 Å². The van der Waals surface area contributed by atoms with Crippen molar-refractivity contribution in [1.82, 2.24) is 14.1 Å². The van der Waals surface area contributed by atoms with E-state index in [1.807, 2.05) is 0 Å². The fourth-order valence-electron chi connectivity index (χ4n) is 3.57. The maximum Gasteiger partial charge on any atom is 0.243 e. The number of likely N-dealkylation sites (tertiary alicyclic amines) is 1. The highest BCUT2D eigenvalue weighted by atomic mass is 32.2. The van der Waals surface area contributed by atoms with Crippen LogP contribution in [-0.2, 0) is 19.6 Å². The summed E-state index contributed by atoms with van der Waals surface area (Å²) in [5, 5.41) is 2.74. The average Bonchev–Trinajstić information content (AvgIpc) is 3.11. The quantitative estimate of drug-likeness (QED) is 0.726. The molecule has 1 aromatic rings. The highest BCUT2D eigenvalue weighted by Crippen LogP contribution is 2.21. The summed E-state index contributed by atoms with van der Waals surface area (Å²) < 4.78 is 27.3. The molecule has 0 aromatic heterocycles. The van der Waals surface area contributed by atoms with Gasteiger partial charge in [-0.3, -0.25) is 9.59 Å². The molecule has 0 saturated carbocycles. The van der Waals surface area contributed by atoms with Crippen molar-refractivity contribution in [1.29, 1.82) is 0 Å². The summed E-state index contributed by atoms with van der Waals surface area (Å²) in [5.41, 5.74) is 0.450. The van der Waals surface area contributed by atoms with Gasteiger partial charge in [0.1, 0.15) is 0 Å². The third kappa shape index (κ3) is 4.89. The van der Waals surface area contributed by atoms with E-state index in [0.29, 0.717) is 38.3 Å². The summed E-state index contributed by atoms with van der Waals surface area (Å²) in [5.74, 6) is -0.144. The van der Waals surface area contributed by atoms with Crippen LogP contribution in [0.25, 0.3) is 0 Å². The van der Waals surface area contributed by atoms with Crippen molar-refractivity contribution in [2.45, 2.75) is 31.1 Å². The van der Waals surface area contributed by atoms with Gasteiger partial charge in [0, 0.05) is 57.8 Å². The van der Waals surface area contributed by atoms with Crippen molar-refractivity contribution >= 4 is 27.5 Å². The third-order valence-electron chi connectivity index (χ3n) is 5.31. The van der Waals surface area contributed by atoms with Crippen molar-refractivity contribution in [2.75, 3.05) is 51.1 Å². The lowest BCUT2D eigenvalue weighted by Crippen LogP contribution is -2.48. The fourth-order valence-corrected chi connectivity index (χ4v) is 5.04. The Morgan fingerprint density at radius 3 is 2.54 bits per heavy atom. The first kappa shape index (κ1) is 20.8. The number of benzene rings is 1. The van der Waals surface area contributed by atoms with Crippen LogP contribution in [0, 0.1) is 0 Å². The van der Waals surface area contributed by atoms with Crippen LogP contribution >= 0.6 is 0 Å². The van der Waals surface area contributed by atoms with Crippen LogP contribution in [-0.4, -0.2) is 80.2 Å². The largest absolute Gasteiger partial charge is 0.342 e. The van der Waals surface area contributed by atoms with Gasteiger partial charge in [0.05, 0.1) is 4.90 Å². The van der Waals surface area contributed by atoms with E-state index in [1.165, 1.54) is 10.4 Å². The Hall–Kier alpha value is -1.97. The lowest BCUT2D eigenvalue weighted by molar-refractivity contribution is -0.128. The average molecular weight is 409 g/mol. The predicted octanol–water partition coefficient (Wildman–Crippen LogP) is 0.964. The second kappa shape index (κ2) is 9.02. The van der Waals surface area contributed by atoms with Gasteiger partial charge in [-0.2, -0.15) is 4.31 Å². The molecule has 154 valence electrons. The molecule has 0 aliphatic carbocycles. The summed E-state index contributed by atoms with van der Waals surface area (Å²) in [6.45, 7) is 6.46. The Balaban J connectivity index is 1.60. The minimum absolute atomic E-state index is 0.0871. The van der Waals surface area contributed by atoms with Gasteiger partial charge in [-0.25, -0.2) is 8.42 Å². The van der Waals surface area contributed by atoms with E-state index in [0.717, 1.165) is 26.1 Å². The second-order valence-corrected chi connectivity index (χ2v) is 9.09. The Bertz CT molecular complexity index is 819. The standard InChI is InChI=1S/C19H28N4O4S/c1-2-21-11-13-23(14-12-21)28(26,27)17-6-3-5-16(15-17)20-18(24)8-10-22-9-4-7-19(22)25/h3,5-6,15H,2,4,7-14H2,1H3,(H,20,24). The molecule has 1 aromatic carbocycles. The van der Waals surface area contributed by atoms with Gasteiger partial charge < -0.3 is 15.1 Å². The van der Waals surface area contributed by atoms with Crippen LogP contribution in [0.3, 0.4) is 0 Å². The molecule has 0 spiro atoms. The van der Waals surface area contributed by atoms with Gasteiger partial charge in [0.2, 0.25) is 21.8 Å². The first-order valence-corrected chi connectivity index (χ1v) is 11.2. The van der Waals surface area contributed by atoms with Crippen molar-refractivity contribution in [2.24, 2.45) is 0 Å². The number of sulfonamides is 1. The van der Waals surface area contributed by atoms with Gasteiger partial charge in [0.25, 0.3) is 0 Å². The molecule has 8 nitrogen and oxygen atoms in total. The highest BCUT2D eigenvalue weighted by Gasteiger charge is 2.28. The summed E-state index contributed by atoms with van der Waals surface area (Å²) in [4.78, 5) is 27.9. The van der Waals surface area contributed by atoms with Crippen molar-refractivity contribution in [3.8, 4) is 0 Å². The topological polar surface area (TPSA) is 90.0 Å². The van der Waals surface area contributed by atoms with E-state index in [-0.39, 0.29) is 23.1 Å². The minimum Gasteiger partial charge on any atom is -0.342 e. The van der Waals surface area contributed by atoms with Gasteiger partial charge in [-0.1, -0.05) is 13.0 Å². The van der Waals surface area contributed by atoms with Crippen LogP contribution in [0.4, 0.5) is 5.69 Å². The van der Waals surface area contributed by atoms with Crippen molar-refractivity contribution in [3.63, 3.8) is 0 Å². The van der Waals surface area contributed by atoms with Gasteiger partial charge >= 0.3 is 0 Å². The normalized spacial score (nSPS) is 19.2. The molecule has 9 heteroatoms. The first-order chi connectivity index (χ1) is 13.4. The zero-order chi connectivity index (χ0) is 20.1. The summed E-state index contributed by atoms with van der Waals surface area (Å²) in [6.07, 6.45) is 1.59. The minimum atomic E-state index is -3.58. The zero-order valence-electron chi connectivity index (χ0n) is 16.3. The molecule has 0 bridgehead atoms. The molecule has 1 N–H and O–H groups in total. The molecule has 2 saturated heterocycles. The SMILES string of the molecule is CCN1CCN(S(=O)(=O)c2cccc(NC(=O)CCN3CCCC3=O)c2)CC1. The van der Waals surface area contributed by atoms with Gasteiger partial charge in [-0.05, 0) is 31.2 Å². The van der Waals surface area contributed by atoms with E-state index in [1.54, 1.807) is 23.1 Å². The molecule has 2 fully saturated rings. The number of nitrogens with one attached hydrogen (secondary N) is 1. The molecule has 0 radical (unpaired) electrons. The Morgan fingerprint density at radius 2 is 1.89 bits per heavy atom. The number of piperazine rings is 1. The molecule has 2 aliphatic heterocycles. The Kier molecular flexibility index (Phi) is 6.69. The maximum atomic E-state index is 12.9. The van der Waals surface area contributed by atoms with Crippen LogP contribution in [0.15, 0.2) is 29.2 Å². The van der Waals surface area contributed by atoms with E-state index >= 15 is 0 Å². The number of hydrogen-bond acceptors (Lipinski definition) is 5. The number of rotatable bonds is 7. The van der Waals surface area contributed by atoms with E-state index in [9.17, 15) is 18.0 Å². The van der Waals surface area contributed by atoms with Gasteiger partial charge in [0.15, 0.2) is 0 Å². The number of likely N-dealkylation sites (N-methyl/N-ethyl adjacent to an activating group) is 1. The maximum absolute atomic E-state index is 12.9. The molecule has 0 atom stereocenters. The lowest BCUT2D eigenvalue weighted by Gasteiger charge is -2.33.